The van der Waals surface area contributed by atoms with Gasteiger partial charge in [0, 0.05) is 24.8 Å². The fourth-order valence-electron chi connectivity index (χ4n) is 3.43. The topological polar surface area (TPSA) is 175 Å². The number of aromatic nitrogens is 10. The van der Waals surface area contributed by atoms with Crippen LogP contribution in [0.25, 0.3) is 46.1 Å². The number of nitrogens with zero attached hydrogens (tertiary/aromatic N) is 8. The lowest BCUT2D eigenvalue weighted by Crippen LogP contribution is -1.85. The first-order chi connectivity index (χ1) is 20.7. The SMILES string of the molecule is Oc1ccc(O)cc1.c1ccc(-c2n[nH]c(-c3ccccn3)n2)nc1.c1ccc(-c2n[nH]c(-c3ccccn3)n2)nc1. The van der Waals surface area contributed by atoms with Gasteiger partial charge >= 0.3 is 0 Å². The van der Waals surface area contributed by atoms with E-state index in [0.717, 1.165) is 22.8 Å². The van der Waals surface area contributed by atoms with Gasteiger partial charge in [-0.25, -0.2) is 9.97 Å². The summed E-state index contributed by atoms with van der Waals surface area (Å²) in [5.41, 5.74) is 3.02. The molecule has 12 nitrogen and oxygen atoms in total. The second kappa shape index (κ2) is 13.7. The first-order valence-corrected chi connectivity index (χ1v) is 12.6. The second-order valence-electron chi connectivity index (χ2n) is 8.39. The smallest absolute Gasteiger partial charge is 0.200 e. The van der Waals surface area contributed by atoms with Gasteiger partial charge in [0.1, 0.15) is 34.3 Å². The number of rotatable bonds is 4. The number of H-pyrrole nitrogens is 2. The fraction of sp³-hybridized carbons (Fsp3) is 0. The van der Waals surface area contributed by atoms with Crippen molar-refractivity contribution >= 4 is 0 Å². The highest BCUT2D eigenvalue weighted by Crippen LogP contribution is 2.17. The minimum Gasteiger partial charge on any atom is -0.508 e. The third-order valence-corrected chi connectivity index (χ3v) is 5.42. The molecule has 7 aromatic rings. The Morgan fingerprint density at radius 2 is 0.738 bits per heavy atom. The number of phenolic OH excluding ortho intramolecular Hbond substituents is 2. The van der Waals surface area contributed by atoms with Gasteiger partial charge in [-0.15, -0.1) is 0 Å². The van der Waals surface area contributed by atoms with E-state index in [1.807, 2.05) is 72.8 Å². The molecule has 4 N–H and O–H groups in total. The van der Waals surface area contributed by atoms with E-state index in [2.05, 4.69) is 50.3 Å². The largest absolute Gasteiger partial charge is 0.508 e. The maximum atomic E-state index is 8.65. The summed E-state index contributed by atoms with van der Waals surface area (Å²) in [6.07, 6.45) is 6.87. The molecule has 0 aliphatic carbocycles. The first-order valence-electron chi connectivity index (χ1n) is 12.6. The van der Waals surface area contributed by atoms with Gasteiger partial charge in [-0.2, -0.15) is 10.2 Å². The van der Waals surface area contributed by atoms with E-state index in [4.69, 9.17) is 10.2 Å². The van der Waals surface area contributed by atoms with Crippen molar-refractivity contribution in [3.8, 4) is 57.6 Å². The molecule has 0 fully saturated rings. The van der Waals surface area contributed by atoms with Gasteiger partial charge in [0.15, 0.2) is 23.3 Å². The molecule has 0 saturated carbocycles. The Morgan fingerprint density at radius 1 is 0.405 bits per heavy atom. The zero-order valence-electron chi connectivity index (χ0n) is 22.0. The van der Waals surface area contributed by atoms with E-state index < -0.39 is 0 Å². The minimum atomic E-state index is 0.169. The van der Waals surface area contributed by atoms with Gasteiger partial charge in [0.05, 0.1) is 0 Å². The summed E-state index contributed by atoms with van der Waals surface area (Å²) in [6, 6.07) is 28.2. The number of aromatic amines is 2. The van der Waals surface area contributed by atoms with Crippen LogP contribution in [-0.4, -0.2) is 60.5 Å². The van der Waals surface area contributed by atoms with Crippen molar-refractivity contribution in [3.05, 3.63) is 122 Å². The number of hydrogen-bond acceptors (Lipinski definition) is 10. The van der Waals surface area contributed by atoms with Crippen molar-refractivity contribution in [1.29, 1.82) is 0 Å². The Morgan fingerprint density at radius 3 is 1.05 bits per heavy atom. The lowest BCUT2D eigenvalue weighted by atomic mass is 10.3. The van der Waals surface area contributed by atoms with Gasteiger partial charge in [-0.1, -0.05) is 24.3 Å². The number of hydrogen-bond donors (Lipinski definition) is 4. The molecule has 6 aromatic heterocycles. The van der Waals surface area contributed by atoms with Gasteiger partial charge in [-0.3, -0.25) is 30.1 Å². The number of nitrogens with one attached hydrogen (secondary N) is 2. The summed E-state index contributed by atoms with van der Waals surface area (Å²) >= 11 is 0. The molecule has 0 bridgehead atoms. The van der Waals surface area contributed by atoms with Gasteiger partial charge in [0.2, 0.25) is 0 Å². The molecule has 206 valence electrons. The van der Waals surface area contributed by atoms with E-state index in [0.29, 0.717) is 23.3 Å². The summed E-state index contributed by atoms with van der Waals surface area (Å²) in [5, 5.41) is 31.3. The van der Waals surface area contributed by atoms with Crippen LogP contribution >= 0.6 is 0 Å². The maximum absolute atomic E-state index is 8.65. The monoisotopic (exact) mass is 556 g/mol. The maximum Gasteiger partial charge on any atom is 0.200 e. The van der Waals surface area contributed by atoms with Crippen LogP contribution in [-0.2, 0) is 0 Å². The molecule has 0 amide bonds. The highest BCUT2D eigenvalue weighted by molar-refractivity contribution is 5.56. The van der Waals surface area contributed by atoms with Crippen LogP contribution in [0.3, 0.4) is 0 Å². The highest BCUT2D eigenvalue weighted by atomic mass is 16.3. The van der Waals surface area contributed by atoms with E-state index in [1.165, 1.54) is 24.3 Å². The molecule has 0 unspecified atom stereocenters. The Kier molecular flexibility index (Phi) is 8.87. The van der Waals surface area contributed by atoms with Crippen molar-refractivity contribution in [3.63, 3.8) is 0 Å². The molecule has 7 rings (SSSR count). The van der Waals surface area contributed by atoms with Gasteiger partial charge < -0.3 is 10.2 Å². The normalized spacial score (nSPS) is 10.1. The average molecular weight is 557 g/mol. The number of phenols is 2. The summed E-state index contributed by atoms with van der Waals surface area (Å²) < 4.78 is 0. The second-order valence-corrected chi connectivity index (χ2v) is 8.39. The average Bonchev–Trinajstić information content (AvgIpc) is 3.76. The molecule has 6 heterocycles. The van der Waals surface area contributed by atoms with E-state index >= 15 is 0 Å². The minimum absolute atomic E-state index is 0.169. The van der Waals surface area contributed by atoms with Crippen LogP contribution in [0, 0.1) is 0 Å². The van der Waals surface area contributed by atoms with E-state index in [1.54, 1.807) is 24.8 Å². The number of aromatic hydroxyl groups is 2. The summed E-state index contributed by atoms with van der Waals surface area (Å²) in [4.78, 5) is 25.5. The third kappa shape index (κ3) is 7.42. The van der Waals surface area contributed by atoms with Crippen LogP contribution in [0.4, 0.5) is 0 Å². The Balaban J connectivity index is 0.000000135. The summed E-state index contributed by atoms with van der Waals surface area (Å²) in [5.74, 6) is 2.78. The predicted molar refractivity (Wildman–Crippen MR) is 155 cm³/mol. The van der Waals surface area contributed by atoms with Crippen molar-refractivity contribution in [2.45, 2.75) is 0 Å². The molecule has 0 saturated heterocycles. The molecular weight excluding hydrogens is 532 g/mol. The van der Waals surface area contributed by atoms with Crippen LogP contribution < -0.4 is 0 Å². The summed E-state index contributed by atoms with van der Waals surface area (Å²) in [6.45, 7) is 0. The first kappa shape index (κ1) is 27.3. The van der Waals surface area contributed by atoms with Crippen molar-refractivity contribution in [1.82, 2.24) is 50.3 Å². The lowest BCUT2D eigenvalue weighted by Gasteiger charge is -1.92. The number of pyridine rings is 4. The van der Waals surface area contributed by atoms with Gasteiger partial charge in [0.25, 0.3) is 0 Å². The standard InChI is InChI=1S/2C12H9N5.C6H6O2/c2*1-3-7-13-9(5-1)11-15-12(17-16-11)10-6-2-4-8-14-10;7-5-1-2-6(8)4-3-5/h2*1-8H,(H,15,16,17);1-4,7-8H. The molecular formula is C30H24N10O2. The van der Waals surface area contributed by atoms with Gasteiger partial charge in [-0.05, 0) is 72.8 Å². The summed E-state index contributed by atoms with van der Waals surface area (Å²) in [7, 11) is 0. The van der Waals surface area contributed by atoms with Crippen LogP contribution in [0.1, 0.15) is 0 Å². The molecule has 42 heavy (non-hydrogen) atoms. The fourth-order valence-corrected chi connectivity index (χ4v) is 3.43. The molecule has 0 atom stereocenters. The van der Waals surface area contributed by atoms with E-state index in [9.17, 15) is 0 Å². The van der Waals surface area contributed by atoms with Crippen molar-refractivity contribution in [2.75, 3.05) is 0 Å². The zero-order valence-corrected chi connectivity index (χ0v) is 22.0. The quantitative estimate of drug-likeness (QED) is 0.217. The third-order valence-electron chi connectivity index (χ3n) is 5.42. The molecule has 1 aromatic carbocycles. The van der Waals surface area contributed by atoms with E-state index in [-0.39, 0.29) is 11.5 Å². The lowest BCUT2D eigenvalue weighted by molar-refractivity contribution is 0.460. The molecule has 0 aliphatic rings. The van der Waals surface area contributed by atoms with Crippen LogP contribution in [0.15, 0.2) is 122 Å². The van der Waals surface area contributed by atoms with Crippen LogP contribution in [0.2, 0.25) is 0 Å². The predicted octanol–water partition coefficient (Wildman–Crippen LogP) is 4.96. The van der Waals surface area contributed by atoms with Crippen LogP contribution in [0.5, 0.6) is 11.5 Å². The Bertz CT molecular complexity index is 1540. The molecule has 0 radical (unpaired) electrons. The zero-order chi connectivity index (χ0) is 29.0. The molecule has 12 heteroatoms. The van der Waals surface area contributed by atoms with Crippen molar-refractivity contribution in [2.24, 2.45) is 0 Å². The highest BCUT2D eigenvalue weighted by Gasteiger charge is 2.09. The molecule has 0 spiro atoms. The number of benzene rings is 1. The van der Waals surface area contributed by atoms with Crippen molar-refractivity contribution < 1.29 is 10.2 Å². The Hall–Kier alpha value is -6.30. The Labute approximate surface area is 239 Å². The molecule has 0 aliphatic heterocycles.